The average Bonchev–Trinajstić information content (AvgIpc) is 3.18. The minimum absolute atomic E-state index is 0.0986. The number of aromatic nitrogens is 3. The number of anilines is 1. The Morgan fingerprint density at radius 3 is 2.61 bits per heavy atom. The van der Waals surface area contributed by atoms with Crippen LogP contribution in [0.15, 0.2) is 49.1 Å². The maximum Gasteiger partial charge on any atom is 0.238 e. The van der Waals surface area contributed by atoms with E-state index in [4.69, 9.17) is 0 Å². The van der Waals surface area contributed by atoms with Crippen molar-refractivity contribution in [3.63, 3.8) is 0 Å². The molecule has 7 nitrogen and oxygen atoms in total. The molecule has 0 aliphatic rings. The average molecular weight is 420 g/mol. The lowest BCUT2D eigenvalue weighted by Crippen LogP contribution is -2.29. The predicted molar refractivity (Wildman–Crippen MR) is 122 cm³/mol. The van der Waals surface area contributed by atoms with Crippen molar-refractivity contribution in [2.45, 2.75) is 33.7 Å². The number of nitrogens with zero attached hydrogens (tertiary/aromatic N) is 3. The van der Waals surface area contributed by atoms with Gasteiger partial charge >= 0.3 is 0 Å². The van der Waals surface area contributed by atoms with Crippen LogP contribution >= 0.6 is 0 Å². The van der Waals surface area contributed by atoms with Gasteiger partial charge < -0.3 is 15.2 Å². The highest BCUT2D eigenvalue weighted by atomic mass is 16.2. The van der Waals surface area contributed by atoms with Crippen molar-refractivity contribution < 1.29 is 9.59 Å². The van der Waals surface area contributed by atoms with Crippen LogP contribution in [0.25, 0.3) is 11.1 Å². The van der Waals surface area contributed by atoms with Crippen LogP contribution in [0.3, 0.4) is 0 Å². The summed E-state index contributed by atoms with van der Waals surface area (Å²) in [5.41, 5.74) is 4.63. The standard InChI is InChI=1S/C24H29N5O2/c1-5-17-7-6-8-18(9-17)19-10-21(23(26-11-19)24(31)16(2)3)28-22(30)13-25-12-20-14-29(4)15-27-20/h6-11,14-16,25H,5,12-13H2,1-4H3,(H,28,30). The molecule has 0 spiro atoms. The molecule has 0 saturated carbocycles. The number of aryl methyl sites for hydroxylation is 2. The van der Waals surface area contributed by atoms with Crippen molar-refractivity contribution in [1.82, 2.24) is 19.9 Å². The van der Waals surface area contributed by atoms with E-state index in [1.54, 1.807) is 12.5 Å². The van der Waals surface area contributed by atoms with Crippen LogP contribution in [-0.4, -0.2) is 32.8 Å². The van der Waals surface area contributed by atoms with Crippen LogP contribution in [0.2, 0.25) is 0 Å². The number of benzene rings is 1. The molecule has 31 heavy (non-hydrogen) atoms. The van der Waals surface area contributed by atoms with Gasteiger partial charge in [-0.1, -0.05) is 45.0 Å². The van der Waals surface area contributed by atoms with Gasteiger partial charge in [0.2, 0.25) is 5.91 Å². The molecule has 162 valence electrons. The Hall–Kier alpha value is -3.32. The Balaban J connectivity index is 1.79. The van der Waals surface area contributed by atoms with Gasteiger partial charge in [-0.2, -0.15) is 0 Å². The lowest BCUT2D eigenvalue weighted by atomic mass is 10.00. The topological polar surface area (TPSA) is 88.9 Å². The maximum absolute atomic E-state index is 12.7. The molecule has 2 aromatic heterocycles. The van der Waals surface area contributed by atoms with Crippen LogP contribution in [0.4, 0.5) is 5.69 Å². The number of hydrogen-bond acceptors (Lipinski definition) is 5. The van der Waals surface area contributed by atoms with E-state index < -0.39 is 0 Å². The zero-order valence-corrected chi connectivity index (χ0v) is 18.5. The monoisotopic (exact) mass is 419 g/mol. The fraction of sp³-hybridized carbons (Fsp3) is 0.333. The highest BCUT2D eigenvalue weighted by Crippen LogP contribution is 2.26. The maximum atomic E-state index is 12.7. The minimum Gasteiger partial charge on any atom is -0.340 e. The third-order valence-electron chi connectivity index (χ3n) is 4.94. The molecule has 0 aliphatic carbocycles. The van der Waals surface area contributed by atoms with Gasteiger partial charge in [-0.05, 0) is 23.6 Å². The molecule has 0 saturated heterocycles. The summed E-state index contributed by atoms with van der Waals surface area (Å²) in [4.78, 5) is 33.9. The van der Waals surface area contributed by atoms with Crippen molar-refractivity contribution in [2.75, 3.05) is 11.9 Å². The van der Waals surface area contributed by atoms with Gasteiger partial charge in [0, 0.05) is 37.5 Å². The van der Waals surface area contributed by atoms with E-state index in [0.717, 1.165) is 23.2 Å². The zero-order chi connectivity index (χ0) is 22.4. The Labute approximate surface area is 182 Å². The number of hydrogen-bond donors (Lipinski definition) is 2. The summed E-state index contributed by atoms with van der Waals surface area (Å²) in [6.45, 7) is 6.33. The van der Waals surface area contributed by atoms with E-state index >= 15 is 0 Å². The summed E-state index contributed by atoms with van der Waals surface area (Å²) < 4.78 is 1.85. The number of amides is 1. The van der Waals surface area contributed by atoms with Gasteiger partial charge in [-0.25, -0.2) is 4.98 Å². The third kappa shape index (κ3) is 5.86. The molecule has 0 bridgehead atoms. The Morgan fingerprint density at radius 2 is 1.94 bits per heavy atom. The fourth-order valence-corrected chi connectivity index (χ4v) is 3.22. The quantitative estimate of drug-likeness (QED) is 0.517. The molecule has 7 heteroatoms. The van der Waals surface area contributed by atoms with Gasteiger partial charge in [0.05, 0.1) is 24.3 Å². The highest BCUT2D eigenvalue weighted by Gasteiger charge is 2.19. The van der Waals surface area contributed by atoms with Gasteiger partial charge in [-0.3, -0.25) is 14.6 Å². The number of carbonyl (C=O) groups is 2. The number of pyridine rings is 1. The summed E-state index contributed by atoms with van der Waals surface area (Å²) in [6.07, 6.45) is 6.23. The number of carbonyl (C=O) groups excluding carboxylic acids is 2. The predicted octanol–water partition coefficient (Wildman–Crippen LogP) is 3.61. The van der Waals surface area contributed by atoms with Crippen molar-refractivity contribution in [1.29, 1.82) is 0 Å². The van der Waals surface area contributed by atoms with E-state index in [1.165, 1.54) is 5.56 Å². The Kier molecular flexibility index (Phi) is 7.31. The van der Waals surface area contributed by atoms with E-state index in [2.05, 4.69) is 39.7 Å². The number of Topliss-reactive ketones (excluding diaryl/α,β-unsaturated/α-hetero) is 1. The second-order valence-corrected chi connectivity index (χ2v) is 7.88. The fourth-order valence-electron chi connectivity index (χ4n) is 3.22. The molecule has 3 aromatic rings. The molecule has 1 amide bonds. The summed E-state index contributed by atoms with van der Waals surface area (Å²) >= 11 is 0. The molecule has 0 unspecified atom stereocenters. The smallest absolute Gasteiger partial charge is 0.238 e. The largest absolute Gasteiger partial charge is 0.340 e. The van der Waals surface area contributed by atoms with Crippen LogP contribution < -0.4 is 10.6 Å². The first-order valence-corrected chi connectivity index (χ1v) is 10.5. The zero-order valence-electron chi connectivity index (χ0n) is 18.5. The summed E-state index contributed by atoms with van der Waals surface area (Å²) in [5.74, 6) is -0.569. The molecule has 0 radical (unpaired) electrons. The molecular formula is C24H29N5O2. The SMILES string of the molecule is CCc1cccc(-c2cnc(C(=O)C(C)C)c(NC(=O)CNCc3cn(C)cn3)c2)c1. The number of nitrogens with one attached hydrogen (secondary N) is 2. The van der Waals surface area contributed by atoms with Crippen molar-refractivity contribution >= 4 is 17.4 Å². The second kappa shape index (κ2) is 10.1. The lowest BCUT2D eigenvalue weighted by molar-refractivity contribution is -0.115. The van der Waals surface area contributed by atoms with Crippen molar-refractivity contribution in [2.24, 2.45) is 13.0 Å². The summed E-state index contributed by atoms with van der Waals surface area (Å²) in [6, 6.07) is 10.00. The van der Waals surface area contributed by atoms with Gasteiger partial charge in [0.1, 0.15) is 5.69 Å². The molecule has 3 rings (SSSR count). The number of imidazole rings is 1. The molecule has 1 aromatic carbocycles. The van der Waals surface area contributed by atoms with Gasteiger partial charge in [-0.15, -0.1) is 0 Å². The third-order valence-corrected chi connectivity index (χ3v) is 4.94. The lowest BCUT2D eigenvalue weighted by Gasteiger charge is -2.14. The normalized spacial score (nSPS) is 11.0. The first kappa shape index (κ1) is 22.4. The number of ketones is 1. The Bertz CT molecular complexity index is 1070. The van der Waals surface area contributed by atoms with E-state index in [1.807, 2.05) is 49.9 Å². The van der Waals surface area contributed by atoms with E-state index in [9.17, 15) is 9.59 Å². The minimum atomic E-state index is -0.241. The van der Waals surface area contributed by atoms with E-state index in [-0.39, 0.29) is 29.8 Å². The summed E-state index contributed by atoms with van der Waals surface area (Å²) in [7, 11) is 1.90. The number of rotatable bonds is 9. The van der Waals surface area contributed by atoms with Crippen LogP contribution in [0.1, 0.15) is 42.5 Å². The second-order valence-electron chi connectivity index (χ2n) is 7.88. The molecule has 0 fully saturated rings. The molecule has 2 heterocycles. The van der Waals surface area contributed by atoms with Gasteiger partial charge in [0.15, 0.2) is 5.78 Å². The van der Waals surface area contributed by atoms with Gasteiger partial charge in [0.25, 0.3) is 0 Å². The first-order valence-electron chi connectivity index (χ1n) is 10.5. The van der Waals surface area contributed by atoms with Crippen LogP contribution in [0, 0.1) is 5.92 Å². The summed E-state index contributed by atoms with van der Waals surface area (Å²) in [5, 5.41) is 5.94. The molecular weight excluding hydrogens is 390 g/mol. The first-order chi connectivity index (χ1) is 14.9. The highest BCUT2D eigenvalue weighted by molar-refractivity contribution is 6.05. The van der Waals surface area contributed by atoms with Crippen LogP contribution in [-0.2, 0) is 24.8 Å². The Morgan fingerprint density at radius 1 is 1.13 bits per heavy atom. The van der Waals surface area contributed by atoms with Crippen LogP contribution in [0.5, 0.6) is 0 Å². The van der Waals surface area contributed by atoms with Crippen molar-refractivity contribution in [3.8, 4) is 11.1 Å². The molecule has 2 N–H and O–H groups in total. The van der Waals surface area contributed by atoms with Crippen molar-refractivity contribution in [3.05, 3.63) is 66.0 Å². The van der Waals surface area contributed by atoms with E-state index in [0.29, 0.717) is 12.2 Å². The molecule has 0 atom stereocenters. The molecule has 0 aliphatic heterocycles.